The van der Waals surface area contributed by atoms with Gasteiger partial charge in [0.25, 0.3) is 5.91 Å². The Hall–Kier alpha value is -3.62. The first kappa shape index (κ1) is 24.0. The topological polar surface area (TPSA) is 110 Å². The van der Waals surface area contributed by atoms with Crippen molar-refractivity contribution in [2.75, 3.05) is 27.3 Å². The molecule has 3 amide bonds. The second-order valence-corrected chi connectivity index (χ2v) is 7.96. The van der Waals surface area contributed by atoms with Gasteiger partial charge in [-0.3, -0.25) is 19.4 Å². The van der Waals surface area contributed by atoms with E-state index >= 15 is 0 Å². The Balaban J connectivity index is 1.59. The molecule has 1 aliphatic heterocycles. The Morgan fingerprint density at radius 1 is 1.12 bits per heavy atom. The quantitative estimate of drug-likeness (QED) is 0.627. The number of carbonyl (C=O) groups is 3. The van der Waals surface area contributed by atoms with Gasteiger partial charge in [-0.05, 0) is 42.7 Å². The molecule has 176 valence electrons. The van der Waals surface area contributed by atoms with Gasteiger partial charge in [-0.1, -0.05) is 6.07 Å². The molecule has 1 aromatic heterocycles. The van der Waals surface area contributed by atoms with E-state index in [1.54, 1.807) is 55.8 Å². The van der Waals surface area contributed by atoms with Crippen molar-refractivity contribution >= 4 is 17.7 Å². The third kappa shape index (κ3) is 6.44. The number of benzene rings is 1. The number of ether oxygens (including phenoxy) is 2. The zero-order valence-electron chi connectivity index (χ0n) is 19.2. The number of nitrogens with zero attached hydrogens (tertiary/aromatic N) is 2. The number of pyridine rings is 1. The second kappa shape index (κ2) is 11.3. The Morgan fingerprint density at radius 2 is 1.85 bits per heavy atom. The number of hydrogen-bond donors (Lipinski definition) is 2. The molecular weight excluding hydrogens is 424 g/mol. The number of nitrogens with one attached hydrogen (secondary N) is 2. The summed E-state index contributed by atoms with van der Waals surface area (Å²) in [6.45, 7) is 2.47. The molecule has 2 aromatic rings. The van der Waals surface area contributed by atoms with E-state index in [0.717, 1.165) is 5.56 Å². The molecule has 33 heavy (non-hydrogen) atoms. The van der Waals surface area contributed by atoms with Crippen LogP contribution in [0.3, 0.4) is 0 Å². The first-order chi connectivity index (χ1) is 15.9. The van der Waals surface area contributed by atoms with Gasteiger partial charge in [0.2, 0.25) is 11.8 Å². The van der Waals surface area contributed by atoms with Crippen molar-refractivity contribution in [3.05, 3.63) is 53.9 Å². The summed E-state index contributed by atoms with van der Waals surface area (Å²) in [7, 11) is 3.10. The molecule has 0 aliphatic carbocycles. The number of hydrogen-bond acceptors (Lipinski definition) is 6. The van der Waals surface area contributed by atoms with E-state index in [1.807, 2.05) is 6.07 Å². The van der Waals surface area contributed by atoms with Crippen LogP contribution >= 0.6 is 0 Å². The Labute approximate surface area is 193 Å². The second-order valence-electron chi connectivity index (χ2n) is 7.96. The molecule has 1 aromatic carbocycles. The van der Waals surface area contributed by atoms with E-state index in [2.05, 4.69) is 15.6 Å². The van der Waals surface area contributed by atoms with Crippen LogP contribution in [0.2, 0.25) is 0 Å². The predicted molar refractivity (Wildman–Crippen MR) is 122 cm³/mol. The van der Waals surface area contributed by atoms with Crippen molar-refractivity contribution in [1.82, 2.24) is 20.5 Å². The minimum atomic E-state index is -0.726. The standard InChI is InChI=1S/C24H30N4O5/c1-16(29)26-20(13-17-6-7-21(32-2)22(14-17)33-3)23(30)27-19-8-11-28(12-9-19)24(31)18-5-4-10-25-15-18/h4-7,10,14-15,19-20H,8-9,11-13H2,1-3H3,(H,26,29)(H,27,30)/t20-/m0/s1. The van der Waals surface area contributed by atoms with Gasteiger partial charge in [-0.2, -0.15) is 0 Å². The van der Waals surface area contributed by atoms with Crippen molar-refractivity contribution in [3.63, 3.8) is 0 Å². The molecular formula is C24H30N4O5. The monoisotopic (exact) mass is 454 g/mol. The van der Waals surface area contributed by atoms with Gasteiger partial charge >= 0.3 is 0 Å². The molecule has 0 spiro atoms. The largest absolute Gasteiger partial charge is 0.493 e. The summed E-state index contributed by atoms with van der Waals surface area (Å²) in [5, 5.41) is 5.77. The molecule has 1 fully saturated rings. The van der Waals surface area contributed by atoms with Crippen LogP contribution in [-0.4, -0.2) is 67.0 Å². The minimum Gasteiger partial charge on any atom is -0.493 e. The lowest BCUT2D eigenvalue weighted by Crippen LogP contribution is -2.53. The highest BCUT2D eigenvalue weighted by atomic mass is 16.5. The molecule has 9 nitrogen and oxygen atoms in total. The van der Waals surface area contributed by atoms with Crippen molar-refractivity contribution in [3.8, 4) is 11.5 Å². The van der Waals surface area contributed by atoms with E-state index in [0.29, 0.717) is 49.4 Å². The summed E-state index contributed by atoms with van der Waals surface area (Å²) >= 11 is 0. The van der Waals surface area contributed by atoms with Gasteiger partial charge in [0, 0.05) is 44.9 Å². The van der Waals surface area contributed by atoms with E-state index in [4.69, 9.17) is 9.47 Å². The first-order valence-electron chi connectivity index (χ1n) is 10.9. The highest BCUT2D eigenvalue weighted by Gasteiger charge is 2.28. The van der Waals surface area contributed by atoms with Crippen LogP contribution in [0.25, 0.3) is 0 Å². The summed E-state index contributed by atoms with van der Waals surface area (Å²) in [5.74, 6) is 0.555. The number of carbonyl (C=O) groups excluding carboxylic acids is 3. The molecule has 1 aliphatic rings. The van der Waals surface area contributed by atoms with Crippen molar-refractivity contribution in [2.45, 2.75) is 38.3 Å². The van der Waals surface area contributed by atoms with E-state index in [9.17, 15) is 14.4 Å². The maximum atomic E-state index is 13.0. The van der Waals surface area contributed by atoms with Crippen LogP contribution in [0.15, 0.2) is 42.7 Å². The van der Waals surface area contributed by atoms with Crippen LogP contribution in [0, 0.1) is 0 Å². The number of piperidine rings is 1. The highest BCUT2D eigenvalue weighted by Crippen LogP contribution is 2.28. The Kier molecular flexibility index (Phi) is 8.23. The molecule has 3 rings (SSSR count). The van der Waals surface area contributed by atoms with Gasteiger partial charge in [0.15, 0.2) is 11.5 Å². The zero-order valence-corrected chi connectivity index (χ0v) is 19.2. The maximum absolute atomic E-state index is 13.0. The third-order valence-electron chi connectivity index (χ3n) is 5.62. The molecule has 1 saturated heterocycles. The first-order valence-corrected chi connectivity index (χ1v) is 10.9. The number of methoxy groups -OCH3 is 2. The number of aromatic nitrogens is 1. The van der Waals surface area contributed by atoms with Crippen molar-refractivity contribution in [1.29, 1.82) is 0 Å². The fraction of sp³-hybridized carbons (Fsp3) is 0.417. The summed E-state index contributed by atoms with van der Waals surface area (Å²) in [6, 6.07) is 8.09. The highest BCUT2D eigenvalue weighted by molar-refractivity contribution is 5.94. The molecule has 9 heteroatoms. The lowest BCUT2D eigenvalue weighted by atomic mass is 10.0. The number of amides is 3. The summed E-state index contributed by atoms with van der Waals surface area (Å²) in [5.41, 5.74) is 1.39. The normalized spacial score (nSPS) is 14.8. The van der Waals surface area contributed by atoms with Crippen LogP contribution in [0.4, 0.5) is 0 Å². The molecule has 0 unspecified atom stereocenters. The van der Waals surface area contributed by atoms with Gasteiger partial charge in [0.1, 0.15) is 6.04 Å². The minimum absolute atomic E-state index is 0.0579. The van der Waals surface area contributed by atoms with Crippen molar-refractivity contribution < 1.29 is 23.9 Å². The molecule has 2 heterocycles. The van der Waals surface area contributed by atoms with Gasteiger partial charge in [-0.15, -0.1) is 0 Å². The summed E-state index contributed by atoms with van der Waals surface area (Å²) in [6.07, 6.45) is 4.78. The lowest BCUT2D eigenvalue weighted by Gasteiger charge is -2.33. The van der Waals surface area contributed by atoms with E-state index in [1.165, 1.54) is 6.92 Å². The average Bonchev–Trinajstić information content (AvgIpc) is 2.83. The molecule has 1 atom stereocenters. The van der Waals surface area contributed by atoms with Crippen LogP contribution in [0.5, 0.6) is 11.5 Å². The van der Waals surface area contributed by atoms with Crippen LogP contribution in [-0.2, 0) is 16.0 Å². The summed E-state index contributed by atoms with van der Waals surface area (Å²) in [4.78, 5) is 43.1. The van der Waals surface area contributed by atoms with E-state index in [-0.39, 0.29) is 23.8 Å². The smallest absolute Gasteiger partial charge is 0.255 e. The molecule has 2 N–H and O–H groups in total. The SMILES string of the molecule is COc1ccc(C[C@H](NC(C)=O)C(=O)NC2CCN(C(=O)c3cccnc3)CC2)cc1OC. The Bertz CT molecular complexity index is 974. The number of rotatable bonds is 8. The maximum Gasteiger partial charge on any atom is 0.255 e. The number of likely N-dealkylation sites (tertiary alicyclic amines) is 1. The van der Waals surface area contributed by atoms with Gasteiger partial charge in [-0.25, -0.2) is 0 Å². The van der Waals surface area contributed by atoms with E-state index < -0.39 is 6.04 Å². The third-order valence-corrected chi connectivity index (χ3v) is 5.62. The van der Waals surface area contributed by atoms with Crippen LogP contribution in [0.1, 0.15) is 35.7 Å². The van der Waals surface area contributed by atoms with Crippen molar-refractivity contribution in [2.24, 2.45) is 0 Å². The molecule has 0 saturated carbocycles. The average molecular weight is 455 g/mol. The van der Waals surface area contributed by atoms with Crippen LogP contribution < -0.4 is 20.1 Å². The fourth-order valence-electron chi connectivity index (χ4n) is 3.90. The fourth-order valence-corrected chi connectivity index (χ4v) is 3.90. The van der Waals surface area contributed by atoms with Gasteiger partial charge < -0.3 is 25.0 Å². The Morgan fingerprint density at radius 3 is 2.45 bits per heavy atom. The predicted octanol–water partition coefficient (Wildman–Crippen LogP) is 1.57. The van der Waals surface area contributed by atoms with Gasteiger partial charge in [0.05, 0.1) is 19.8 Å². The molecule has 0 bridgehead atoms. The zero-order chi connectivity index (χ0) is 23.8. The molecule has 0 radical (unpaired) electrons. The summed E-state index contributed by atoms with van der Waals surface area (Å²) < 4.78 is 10.6. The lowest BCUT2D eigenvalue weighted by molar-refractivity contribution is -0.128.